The van der Waals surface area contributed by atoms with Crippen LogP contribution in [0, 0.1) is 5.82 Å². The summed E-state index contributed by atoms with van der Waals surface area (Å²) in [5.41, 5.74) is 1.71. The van der Waals surface area contributed by atoms with Gasteiger partial charge in [-0.2, -0.15) is 5.10 Å². The van der Waals surface area contributed by atoms with Gasteiger partial charge in [0.25, 0.3) is 0 Å². The van der Waals surface area contributed by atoms with E-state index in [-0.39, 0.29) is 17.2 Å². The molecule has 1 saturated carbocycles. The summed E-state index contributed by atoms with van der Waals surface area (Å²) in [6.45, 7) is 4.94. The lowest BCUT2D eigenvalue weighted by Gasteiger charge is -2.27. The summed E-state index contributed by atoms with van der Waals surface area (Å²) in [5, 5.41) is 8.04. The molecule has 1 aromatic carbocycles. The lowest BCUT2D eigenvalue weighted by Crippen LogP contribution is -2.36. The quantitative estimate of drug-likeness (QED) is 0.762. The summed E-state index contributed by atoms with van der Waals surface area (Å²) in [6, 6.07) is 5.05. The van der Waals surface area contributed by atoms with Crippen LogP contribution in [0.1, 0.15) is 19.8 Å². The zero-order valence-electron chi connectivity index (χ0n) is 15.0. The number of aromatic amines is 1. The average Bonchev–Trinajstić information content (AvgIpc) is 3.28. The number of nitrogens with zero attached hydrogens (tertiary/aromatic N) is 4. The van der Waals surface area contributed by atoms with Gasteiger partial charge in [-0.1, -0.05) is 0 Å². The van der Waals surface area contributed by atoms with E-state index in [1.165, 1.54) is 12.4 Å². The van der Waals surface area contributed by atoms with Gasteiger partial charge in [-0.15, -0.1) is 0 Å². The molecule has 140 valence electrons. The fraction of sp³-hybridized carbons (Fsp3) is 0.421. The lowest BCUT2D eigenvalue weighted by molar-refractivity contribution is 0.122. The standard InChI is InChI=1S/C19H20FN5O2/c1-19(2-3-19)27-16-8-12-14(9-13(16)20)23-24-18(12)15-10-17(22-11-21-15)25-4-6-26-7-5-25/h8-11H,2-7H2,1H3,(H,23,24). The topological polar surface area (TPSA) is 76.2 Å². The van der Waals surface area contributed by atoms with Gasteiger partial charge in [0.15, 0.2) is 11.6 Å². The molecule has 0 amide bonds. The maximum atomic E-state index is 14.4. The Labute approximate surface area is 155 Å². The average molecular weight is 369 g/mol. The van der Waals surface area contributed by atoms with Crippen molar-refractivity contribution < 1.29 is 13.9 Å². The van der Waals surface area contributed by atoms with Crippen LogP contribution in [0.2, 0.25) is 0 Å². The van der Waals surface area contributed by atoms with Gasteiger partial charge in [0.1, 0.15) is 23.4 Å². The Balaban J connectivity index is 1.53. The normalized spacial score (nSPS) is 18.7. The van der Waals surface area contributed by atoms with E-state index >= 15 is 0 Å². The van der Waals surface area contributed by atoms with Gasteiger partial charge in [0.2, 0.25) is 0 Å². The first-order valence-electron chi connectivity index (χ1n) is 9.13. The molecular formula is C19H20FN5O2. The fourth-order valence-corrected chi connectivity index (χ4v) is 3.28. The first-order chi connectivity index (χ1) is 13.1. The van der Waals surface area contributed by atoms with Gasteiger partial charge in [-0.05, 0) is 25.8 Å². The molecule has 1 aliphatic carbocycles. The van der Waals surface area contributed by atoms with E-state index in [0.717, 1.165) is 37.1 Å². The maximum Gasteiger partial charge on any atom is 0.167 e. The molecule has 2 aromatic heterocycles. The molecule has 1 aliphatic heterocycles. The Morgan fingerprint density at radius 1 is 1.19 bits per heavy atom. The van der Waals surface area contributed by atoms with Gasteiger partial charge in [-0.25, -0.2) is 14.4 Å². The highest BCUT2D eigenvalue weighted by Crippen LogP contribution is 2.41. The van der Waals surface area contributed by atoms with Gasteiger partial charge >= 0.3 is 0 Å². The third-order valence-electron chi connectivity index (χ3n) is 5.16. The summed E-state index contributed by atoms with van der Waals surface area (Å²) in [5.74, 6) is 0.707. The number of rotatable bonds is 4. The summed E-state index contributed by atoms with van der Waals surface area (Å²) >= 11 is 0. The second-order valence-corrected chi connectivity index (χ2v) is 7.31. The summed E-state index contributed by atoms with van der Waals surface area (Å²) < 4.78 is 25.6. The largest absolute Gasteiger partial charge is 0.484 e. The molecule has 0 radical (unpaired) electrons. The molecule has 3 aromatic rings. The minimum atomic E-state index is -0.387. The van der Waals surface area contributed by atoms with Crippen LogP contribution in [0.3, 0.4) is 0 Å². The number of halogens is 1. The first kappa shape index (κ1) is 16.4. The minimum absolute atomic E-state index is 0.253. The van der Waals surface area contributed by atoms with E-state index in [0.29, 0.717) is 30.1 Å². The molecule has 1 saturated heterocycles. The SMILES string of the molecule is CC1(Oc2cc3c(-c4cc(N5CCOCC5)ncn4)n[nH]c3cc2F)CC1. The van der Waals surface area contributed by atoms with Gasteiger partial charge in [-0.3, -0.25) is 5.10 Å². The maximum absolute atomic E-state index is 14.4. The summed E-state index contributed by atoms with van der Waals surface area (Å²) in [7, 11) is 0. The van der Waals surface area contributed by atoms with Crippen molar-refractivity contribution in [3.8, 4) is 17.1 Å². The van der Waals surface area contributed by atoms with E-state index in [1.54, 1.807) is 6.07 Å². The highest BCUT2D eigenvalue weighted by atomic mass is 19.1. The highest BCUT2D eigenvalue weighted by Gasteiger charge is 2.40. The third-order valence-corrected chi connectivity index (χ3v) is 5.16. The van der Waals surface area contributed by atoms with Gasteiger partial charge in [0.05, 0.1) is 24.4 Å². The Kier molecular flexibility index (Phi) is 3.75. The molecule has 2 fully saturated rings. The van der Waals surface area contributed by atoms with Crippen LogP contribution in [-0.2, 0) is 4.74 Å². The molecule has 2 aliphatic rings. The smallest absolute Gasteiger partial charge is 0.167 e. The van der Waals surface area contributed by atoms with Crippen molar-refractivity contribution in [3.63, 3.8) is 0 Å². The molecule has 27 heavy (non-hydrogen) atoms. The van der Waals surface area contributed by atoms with Crippen molar-refractivity contribution in [1.29, 1.82) is 0 Å². The molecular weight excluding hydrogens is 349 g/mol. The van der Waals surface area contributed by atoms with Crippen LogP contribution < -0.4 is 9.64 Å². The molecule has 8 heteroatoms. The Morgan fingerprint density at radius 2 is 2.00 bits per heavy atom. The van der Waals surface area contributed by atoms with Crippen molar-refractivity contribution in [1.82, 2.24) is 20.2 Å². The lowest BCUT2D eigenvalue weighted by atomic mass is 10.1. The number of aromatic nitrogens is 4. The monoisotopic (exact) mass is 369 g/mol. The van der Waals surface area contributed by atoms with Crippen molar-refractivity contribution in [2.75, 3.05) is 31.2 Å². The van der Waals surface area contributed by atoms with E-state index in [2.05, 4.69) is 25.1 Å². The van der Waals surface area contributed by atoms with Crippen LogP contribution in [-0.4, -0.2) is 52.1 Å². The van der Waals surface area contributed by atoms with Crippen molar-refractivity contribution >= 4 is 16.7 Å². The number of morpholine rings is 1. The minimum Gasteiger partial charge on any atom is -0.484 e. The first-order valence-corrected chi connectivity index (χ1v) is 9.13. The molecule has 0 unspecified atom stereocenters. The molecule has 5 rings (SSSR count). The molecule has 7 nitrogen and oxygen atoms in total. The number of anilines is 1. The predicted molar refractivity (Wildman–Crippen MR) is 98.4 cm³/mol. The molecule has 0 atom stereocenters. The Bertz CT molecular complexity index is 995. The van der Waals surface area contributed by atoms with Gasteiger partial charge < -0.3 is 14.4 Å². The zero-order valence-corrected chi connectivity index (χ0v) is 15.0. The van der Waals surface area contributed by atoms with E-state index in [9.17, 15) is 4.39 Å². The number of H-pyrrole nitrogens is 1. The van der Waals surface area contributed by atoms with E-state index in [4.69, 9.17) is 9.47 Å². The highest BCUT2D eigenvalue weighted by molar-refractivity contribution is 5.93. The fourth-order valence-electron chi connectivity index (χ4n) is 3.28. The number of hydrogen-bond donors (Lipinski definition) is 1. The van der Waals surface area contributed by atoms with Crippen molar-refractivity contribution in [2.24, 2.45) is 0 Å². The van der Waals surface area contributed by atoms with Crippen LogP contribution in [0.4, 0.5) is 10.2 Å². The Hall–Kier alpha value is -2.74. The van der Waals surface area contributed by atoms with Crippen LogP contribution in [0.5, 0.6) is 5.75 Å². The van der Waals surface area contributed by atoms with Crippen LogP contribution in [0.15, 0.2) is 24.5 Å². The molecule has 1 N–H and O–H groups in total. The number of nitrogens with one attached hydrogen (secondary N) is 1. The Morgan fingerprint density at radius 3 is 2.78 bits per heavy atom. The third kappa shape index (κ3) is 3.10. The summed E-state index contributed by atoms with van der Waals surface area (Å²) in [6.07, 6.45) is 3.42. The zero-order chi connectivity index (χ0) is 18.4. The van der Waals surface area contributed by atoms with Crippen LogP contribution in [0.25, 0.3) is 22.3 Å². The molecule has 0 spiro atoms. The second kappa shape index (κ2) is 6.16. The predicted octanol–water partition coefficient (Wildman–Crippen LogP) is 2.93. The molecule has 0 bridgehead atoms. The molecule has 3 heterocycles. The number of benzene rings is 1. The number of hydrogen-bond acceptors (Lipinski definition) is 6. The van der Waals surface area contributed by atoms with E-state index in [1.807, 2.05) is 13.0 Å². The van der Waals surface area contributed by atoms with Crippen molar-refractivity contribution in [2.45, 2.75) is 25.4 Å². The van der Waals surface area contributed by atoms with Gasteiger partial charge in [0, 0.05) is 30.6 Å². The van der Waals surface area contributed by atoms with Crippen molar-refractivity contribution in [3.05, 3.63) is 30.3 Å². The number of ether oxygens (including phenoxy) is 2. The van der Waals surface area contributed by atoms with Crippen LogP contribution >= 0.6 is 0 Å². The second-order valence-electron chi connectivity index (χ2n) is 7.31. The van der Waals surface area contributed by atoms with E-state index < -0.39 is 0 Å². The summed E-state index contributed by atoms with van der Waals surface area (Å²) in [4.78, 5) is 10.9. The number of fused-ring (bicyclic) bond motifs is 1.